The Morgan fingerprint density at radius 2 is 2.11 bits per heavy atom. The number of hydrogen-bond donors (Lipinski definition) is 2. The van der Waals surface area contributed by atoms with Crippen molar-refractivity contribution in [2.75, 3.05) is 20.3 Å². The summed E-state index contributed by atoms with van der Waals surface area (Å²) in [4.78, 5) is 23.4. The number of carbonyl (C=O) groups is 2. The predicted molar refractivity (Wildman–Crippen MR) is 106 cm³/mol. The van der Waals surface area contributed by atoms with E-state index >= 15 is 0 Å². The molecule has 1 aliphatic rings. The van der Waals surface area contributed by atoms with Crippen LogP contribution >= 0.6 is 0 Å². The van der Waals surface area contributed by atoms with Crippen LogP contribution in [0.1, 0.15) is 18.9 Å². The average molecular weight is 382 g/mol. The molecule has 0 heterocycles. The number of hydrogen-bond acceptors (Lipinski definition) is 3. The third-order valence-corrected chi connectivity index (χ3v) is 3.87. The molecule has 0 radical (unpaired) electrons. The van der Waals surface area contributed by atoms with Gasteiger partial charge in [-0.15, -0.1) is 0 Å². The van der Waals surface area contributed by atoms with Gasteiger partial charge in [-0.2, -0.15) is 0 Å². The van der Waals surface area contributed by atoms with Gasteiger partial charge in [0.2, 0.25) is 11.8 Å². The molecule has 0 bridgehead atoms. The summed E-state index contributed by atoms with van der Waals surface area (Å²) in [7, 11) is 1.47. The summed E-state index contributed by atoms with van der Waals surface area (Å²) < 4.78 is 18.2. The highest BCUT2D eigenvalue weighted by atomic mass is 19.1. The minimum atomic E-state index is -0.729. The van der Waals surface area contributed by atoms with Gasteiger partial charge in [0.25, 0.3) is 0 Å². The summed E-state index contributed by atoms with van der Waals surface area (Å²) in [5.41, 5.74) is 2.39. The largest absolute Gasteiger partial charge is 0.382 e. The number of methoxy groups -OCH3 is 1. The van der Waals surface area contributed by atoms with E-state index in [1.54, 1.807) is 12.1 Å². The molecule has 2 rings (SSSR count). The van der Waals surface area contributed by atoms with Crippen LogP contribution in [0.2, 0.25) is 0 Å². The minimum Gasteiger partial charge on any atom is -0.382 e. The van der Waals surface area contributed by atoms with Gasteiger partial charge >= 0.3 is 0 Å². The van der Waals surface area contributed by atoms with Gasteiger partial charge in [0, 0.05) is 31.7 Å². The Morgan fingerprint density at radius 1 is 1.29 bits per heavy atom. The Kier molecular flexibility index (Phi) is 8.19. The van der Waals surface area contributed by atoms with Gasteiger partial charge in [0.1, 0.15) is 11.9 Å². The van der Waals surface area contributed by atoms with E-state index in [2.05, 4.69) is 22.5 Å². The van der Waals surface area contributed by atoms with Crippen molar-refractivity contribution in [1.82, 2.24) is 10.6 Å². The molecule has 0 aromatic heterocycles. The third kappa shape index (κ3) is 7.22. The van der Waals surface area contributed by atoms with Crippen LogP contribution in [-0.2, 0) is 14.3 Å². The first kappa shape index (κ1) is 21.1. The number of benzene rings is 1. The maximum Gasteiger partial charge on any atom is 0.245 e. The Labute approximate surface area is 164 Å². The second-order valence-electron chi connectivity index (χ2n) is 6.24. The summed E-state index contributed by atoms with van der Waals surface area (Å²) >= 11 is 0. The van der Waals surface area contributed by atoms with Gasteiger partial charge in [-0.1, -0.05) is 36.1 Å². The molecule has 1 aromatic rings. The van der Waals surface area contributed by atoms with Crippen LogP contribution < -0.4 is 10.6 Å². The summed E-state index contributed by atoms with van der Waals surface area (Å²) in [5.74, 6) is 5.03. The zero-order chi connectivity index (χ0) is 20.4. The third-order valence-electron chi connectivity index (χ3n) is 3.87. The maximum atomic E-state index is 13.2. The number of halogens is 1. The number of amides is 2. The smallest absolute Gasteiger partial charge is 0.245 e. The molecule has 1 atom stereocenters. The Balaban J connectivity index is 1.98. The fourth-order valence-electron chi connectivity index (χ4n) is 2.51. The zero-order valence-electron chi connectivity index (χ0n) is 15.9. The SMILES string of the molecule is COC[C@@H](NC(C)=O)C(=O)NCC1=CC=C(C#Cc2cccc(F)c2)C=CC1. The van der Waals surface area contributed by atoms with E-state index in [0.717, 1.165) is 11.1 Å². The van der Waals surface area contributed by atoms with Crippen molar-refractivity contribution in [2.45, 2.75) is 19.4 Å². The van der Waals surface area contributed by atoms with Crippen molar-refractivity contribution >= 4 is 11.8 Å². The lowest BCUT2D eigenvalue weighted by molar-refractivity contribution is -0.129. The normalized spacial score (nSPS) is 14.0. The van der Waals surface area contributed by atoms with Crippen molar-refractivity contribution < 1.29 is 18.7 Å². The highest BCUT2D eigenvalue weighted by molar-refractivity contribution is 5.87. The van der Waals surface area contributed by atoms with Gasteiger partial charge in [-0.3, -0.25) is 9.59 Å². The van der Waals surface area contributed by atoms with Gasteiger partial charge in [-0.05, 0) is 36.3 Å². The van der Waals surface area contributed by atoms with Crippen LogP contribution in [-0.4, -0.2) is 38.1 Å². The topological polar surface area (TPSA) is 67.4 Å². The number of carbonyl (C=O) groups excluding carboxylic acids is 2. The fraction of sp³-hybridized carbons (Fsp3) is 0.273. The second-order valence-corrected chi connectivity index (χ2v) is 6.24. The van der Waals surface area contributed by atoms with Crippen LogP contribution in [0.5, 0.6) is 0 Å². The maximum absolute atomic E-state index is 13.2. The molecule has 0 saturated carbocycles. The first-order valence-electron chi connectivity index (χ1n) is 8.85. The van der Waals surface area contributed by atoms with Crippen molar-refractivity contribution in [3.63, 3.8) is 0 Å². The Bertz CT molecular complexity index is 875. The van der Waals surface area contributed by atoms with E-state index in [0.29, 0.717) is 18.5 Å². The fourth-order valence-corrected chi connectivity index (χ4v) is 2.51. The predicted octanol–water partition coefficient (Wildman–Crippen LogP) is 2.26. The molecule has 0 unspecified atom stereocenters. The Hall–Kier alpha value is -3.17. The highest BCUT2D eigenvalue weighted by Gasteiger charge is 2.18. The van der Waals surface area contributed by atoms with Crippen molar-refractivity contribution in [3.8, 4) is 11.8 Å². The molecule has 2 amide bonds. The number of allylic oxidation sites excluding steroid dienone is 5. The Morgan fingerprint density at radius 3 is 2.82 bits per heavy atom. The molecule has 1 aromatic carbocycles. The molecule has 0 fully saturated rings. The van der Waals surface area contributed by atoms with Gasteiger partial charge in [-0.25, -0.2) is 4.39 Å². The van der Waals surface area contributed by atoms with Crippen LogP contribution in [0, 0.1) is 17.7 Å². The second kappa shape index (κ2) is 10.9. The lowest BCUT2D eigenvalue weighted by Gasteiger charge is -2.17. The summed E-state index contributed by atoms with van der Waals surface area (Å²) in [6.45, 7) is 1.81. The van der Waals surface area contributed by atoms with E-state index in [-0.39, 0.29) is 24.2 Å². The quantitative estimate of drug-likeness (QED) is 0.742. The van der Waals surface area contributed by atoms with E-state index in [4.69, 9.17) is 4.74 Å². The monoisotopic (exact) mass is 382 g/mol. The summed E-state index contributed by atoms with van der Waals surface area (Å²) in [6, 6.07) is 5.40. The van der Waals surface area contributed by atoms with E-state index < -0.39 is 6.04 Å². The molecule has 1 aliphatic carbocycles. The standard InChI is InChI=1S/C22H23FN2O3/c1-16(26)25-21(15-28-2)22(27)24-14-19-7-3-5-17(10-12-19)9-11-18-6-4-8-20(23)13-18/h3-6,8,10,12-13,21H,7,14-15H2,1-2H3,(H,24,27)(H,25,26)/t21-/m1/s1. The molecule has 2 N–H and O–H groups in total. The van der Waals surface area contributed by atoms with E-state index in [1.165, 1.54) is 26.2 Å². The van der Waals surface area contributed by atoms with Crippen molar-refractivity contribution in [2.24, 2.45) is 0 Å². The molecular formula is C22H23FN2O3. The molecule has 0 aliphatic heterocycles. The minimum absolute atomic E-state index is 0.101. The van der Waals surface area contributed by atoms with E-state index in [9.17, 15) is 14.0 Å². The lowest BCUT2D eigenvalue weighted by Crippen LogP contribution is -2.49. The summed E-state index contributed by atoms with van der Waals surface area (Å²) in [5, 5.41) is 5.36. The number of nitrogens with one attached hydrogen (secondary N) is 2. The van der Waals surface area contributed by atoms with Gasteiger partial charge in [0.15, 0.2) is 0 Å². The lowest BCUT2D eigenvalue weighted by atomic mass is 10.1. The highest BCUT2D eigenvalue weighted by Crippen LogP contribution is 2.11. The zero-order valence-corrected chi connectivity index (χ0v) is 15.9. The molecule has 6 heteroatoms. The van der Waals surface area contributed by atoms with Gasteiger partial charge < -0.3 is 15.4 Å². The van der Waals surface area contributed by atoms with Crippen molar-refractivity contribution in [3.05, 3.63) is 71.1 Å². The first-order valence-corrected chi connectivity index (χ1v) is 8.85. The van der Waals surface area contributed by atoms with Crippen LogP contribution in [0.4, 0.5) is 4.39 Å². The molecule has 5 nitrogen and oxygen atoms in total. The van der Waals surface area contributed by atoms with Crippen LogP contribution in [0.25, 0.3) is 0 Å². The molecule has 0 saturated heterocycles. The molecule has 28 heavy (non-hydrogen) atoms. The molecule has 146 valence electrons. The van der Waals surface area contributed by atoms with Gasteiger partial charge in [0.05, 0.1) is 6.61 Å². The number of ether oxygens (including phenoxy) is 1. The van der Waals surface area contributed by atoms with Crippen LogP contribution in [0.15, 0.2) is 59.7 Å². The summed E-state index contributed by atoms with van der Waals surface area (Å²) in [6.07, 6.45) is 8.27. The first-order chi connectivity index (χ1) is 13.5. The number of rotatable bonds is 6. The average Bonchev–Trinajstić information content (AvgIpc) is 2.89. The molecular weight excluding hydrogens is 359 g/mol. The van der Waals surface area contributed by atoms with Crippen molar-refractivity contribution in [1.29, 1.82) is 0 Å². The van der Waals surface area contributed by atoms with Crippen LogP contribution in [0.3, 0.4) is 0 Å². The molecule has 0 spiro atoms. The van der Waals surface area contributed by atoms with E-state index in [1.807, 2.05) is 24.3 Å².